The van der Waals surface area contributed by atoms with Crippen molar-refractivity contribution in [3.05, 3.63) is 82.4 Å². The van der Waals surface area contributed by atoms with E-state index in [0.29, 0.717) is 0 Å². The summed E-state index contributed by atoms with van der Waals surface area (Å²) in [6.07, 6.45) is 5.65. The maximum Gasteiger partial charge on any atom is 0.310 e. The first-order valence-electron chi connectivity index (χ1n) is 14.2. The lowest BCUT2D eigenvalue weighted by Gasteiger charge is -2.46. The summed E-state index contributed by atoms with van der Waals surface area (Å²) in [6, 6.07) is 13.2. The van der Waals surface area contributed by atoms with E-state index < -0.39 is 0 Å². The van der Waals surface area contributed by atoms with Gasteiger partial charge in [-0.2, -0.15) is 0 Å². The number of carbonyl (C=O) groups excluding carboxylic acids is 1. The number of carbonyl (C=O) groups is 1. The van der Waals surface area contributed by atoms with Crippen LogP contribution in [-0.2, 0) is 9.53 Å². The van der Waals surface area contributed by atoms with E-state index >= 15 is 0 Å². The molecule has 6 rings (SSSR count). The van der Waals surface area contributed by atoms with Crippen LogP contribution in [0.15, 0.2) is 59.7 Å². The molecule has 0 N–H and O–H groups in total. The Kier molecular flexibility index (Phi) is 6.89. The van der Waals surface area contributed by atoms with E-state index in [1.807, 2.05) is 24.3 Å². The van der Waals surface area contributed by atoms with Crippen molar-refractivity contribution in [3.8, 4) is 0 Å². The van der Waals surface area contributed by atoms with Crippen LogP contribution in [0, 0.1) is 28.9 Å². The zero-order valence-electron chi connectivity index (χ0n) is 22.5. The molecule has 1 saturated carbocycles. The summed E-state index contributed by atoms with van der Waals surface area (Å²) >= 11 is 0. The molecule has 4 atom stereocenters. The minimum atomic E-state index is -0.264. The highest BCUT2D eigenvalue weighted by Gasteiger charge is 2.53. The molecule has 2 aromatic carbocycles. The number of benzene rings is 2. The number of hydrogen-bond acceptors (Lipinski definition) is 4. The number of ether oxygens (including phenoxy) is 1. The average molecular weight is 521 g/mol. The molecule has 38 heavy (non-hydrogen) atoms. The molecule has 0 aromatic heterocycles. The van der Waals surface area contributed by atoms with Crippen LogP contribution < -0.4 is 0 Å². The van der Waals surface area contributed by atoms with E-state index in [0.717, 1.165) is 56.7 Å². The number of allylic oxidation sites excluding steroid dienone is 2. The highest BCUT2D eigenvalue weighted by molar-refractivity contribution is 5.76. The summed E-state index contributed by atoms with van der Waals surface area (Å²) in [7, 11) is 0. The molecule has 0 unspecified atom stereocenters. The molecule has 3 fully saturated rings. The number of halogens is 2. The molecule has 2 heterocycles. The fourth-order valence-electron chi connectivity index (χ4n) is 7.71. The van der Waals surface area contributed by atoms with E-state index in [2.05, 4.69) is 23.6 Å². The fraction of sp³-hybridized carbons (Fsp3) is 0.531. The largest absolute Gasteiger partial charge is 0.462 e. The van der Waals surface area contributed by atoms with E-state index in [-0.39, 0.29) is 47.0 Å². The van der Waals surface area contributed by atoms with Crippen LogP contribution in [0.5, 0.6) is 0 Å². The van der Waals surface area contributed by atoms with Crippen molar-refractivity contribution in [2.24, 2.45) is 17.3 Å². The molecular formula is C32H38F2N2O2. The minimum Gasteiger partial charge on any atom is -0.462 e. The smallest absolute Gasteiger partial charge is 0.310 e. The lowest BCUT2D eigenvalue weighted by atomic mass is 9.59. The Morgan fingerprint density at radius 3 is 2.18 bits per heavy atom. The maximum absolute atomic E-state index is 13.7. The van der Waals surface area contributed by atoms with Gasteiger partial charge < -0.3 is 4.74 Å². The number of fused-ring (bicyclic) bond motifs is 2. The molecular weight excluding hydrogens is 482 g/mol. The van der Waals surface area contributed by atoms with Gasteiger partial charge in [-0.3, -0.25) is 14.6 Å². The predicted octanol–water partition coefficient (Wildman–Crippen LogP) is 6.13. The highest BCUT2D eigenvalue weighted by atomic mass is 19.1. The van der Waals surface area contributed by atoms with Gasteiger partial charge in [0.25, 0.3) is 0 Å². The minimum absolute atomic E-state index is 0.0153. The van der Waals surface area contributed by atoms with E-state index in [1.54, 1.807) is 5.57 Å². The van der Waals surface area contributed by atoms with Crippen LogP contribution >= 0.6 is 0 Å². The van der Waals surface area contributed by atoms with Gasteiger partial charge >= 0.3 is 5.97 Å². The molecule has 202 valence electrons. The molecule has 2 aromatic rings. The Bertz CT molecular complexity index is 1160. The molecule has 2 aliphatic carbocycles. The maximum atomic E-state index is 13.7. The molecule has 6 heteroatoms. The Balaban J connectivity index is 1.15. The fourth-order valence-corrected chi connectivity index (χ4v) is 7.71. The number of nitrogens with zero attached hydrogens (tertiary/aromatic N) is 2. The van der Waals surface area contributed by atoms with Gasteiger partial charge in [-0.15, -0.1) is 0 Å². The summed E-state index contributed by atoms with van der Waals surface area (Å²) in [5, 5.41) is 0. The summed E-state index contributed by atoms with van der Waals surface area (Å²) in [5.74, 6) is -0.328. The normalized spacial score (nSPS) is 30.3. The van der Waals surface area contributed by atoms with Crippen LogP contribution in [-0.4, -0.2) is 54.6 Å². The van der Waals surface area contributed by atoms with Gasteiger partial charge in [-0.1, -0.05) is 42.3 Å². The van der Waals surface area contributed by atoms with Gasteiger partial charge in [0.1, 0.15) is 17.7 Å². The number of esters is 1. The SMILES string of the molecule is CC1=C2C[C@@H]3[C@@H](C[C@@]2(C)CCC1)OC(=O)[C@@H]3CN1CCN(C(c2ccc(F)cc2)c2ccc(F)cc2)CC1. The van der Waals surface area contributed by atoms with Crippen LogP contribution in [0.25, 0.3) is 0 Å². The molecule has 0 amide bonds. The quantitative estimate of drug-likeness (QED) is 0.351. The molecule has 0 spiro atoms. The zero-order valence-corrected chi connectivity index (χ0v) is 22.5. The summed E-state index contributed by atoms with van der Waals surface area (Å²) < 4.78 is 33.3. The van der Waals surface area contributed by atoms with Crippen LogP contribution in [0.1, 0.15) is 63.1 Å². The zero-order chi connectivity index (χ0) is 26.4. The summed E-state index contributed by atoms with van der Waals surface area (Å²) in [5.41, 5.74) is 5.32. The second-order valence-corrected chi connectivity index (χ2v) is 12.2. The van der Waals surface area contributed by atoms with Crippen molar-refractivity contribution in [3.63, 3.8) is 0 Å². The molecule has 2 saturated heterocycles. The second kappa shape index (κ2) is 10.2. The highest BCUT2D eigenvalue weighted by Crippen LogP contribution is 2.55. The summed E-state index contributed by atoms with van der Waals surface area (Å²) in [4.78, 5) is 17.9. The molecule has 2 aliphatic heterocycles. The predicted molar refractivity (Wildman–Crippen MR) is 143 cm³/mol. The van der Waals surface area contributed by atoms with E-state index in [9.17, 15) is 13.6 Å². The Hall–Kier alpha value is -2.57. The first kappa shape index (κ1) is 25.7. The van der Waals surface area contributed by atoms with Gasteiger partial charge in [0.15, 0.2) is 0 Å². The van der Waals surface area contributed by atoms with Gasteiger partial charge in [-0.05, 0) is 79.8 Å². The van der Waals surface area contributed by atoms with Crippen LogP contribution in [0.4, 0.5) is 8.78 Å². The molecule has 0 bridgehead atoms. The van der Waals surface area contributed by atoms with Crippen molar-refractivity contribution in [2.45, 2.75) is 58.1 Å². The first-order valence-corrected chi connectivity index (χ1v) is 14.2. The average Bonchev–Trinajstić information content (AvgIpc) is 3.19. The van der Waals surface area contributed by atoms with Crippen molar-refractivity contribution in [2.75, 3.05) is 32.7 Å². The van der Waals surface area contributed by atoms with Gasteiger partial charge in [-0.25, -0.2) is 8.78 Å². The van der Waals surface area contributed by atoms with Crippen molar-refractivity contribution in [1.82, 2.24) is 9.80 Å². The standard InChI is InChI=1S/C32H38F2N2O2/c1-21-4-3-13-32(2)19-29-26(18-28(21)32)27(31(37)38-29)20-35-14-16-36(17-15-35)30(22-5-9-24(33)10-6-22)23-7-11-25(34)12-8-23/h5-12,26-27,29-30H,3-4,13-20H2,1-2H3/t26-,27+,29+,32+/m0/s1. The van der Waals surface area contributed by atoms with Gasteiger partial charge in [0.2, 0.25) is 0 Å². The lowest BCUT2D eigenvalue weighted by molar-refractivity contribution is -0.145. The third-order valence-electron chi connectivity index (χ3n) is 9.78. The van der Waals surface area contributed by atoms with Crippen molar-refractivity contribution in [1.29, 1.82) is 0 Å². The lowest BCUT2D eigenvalue weighted by Crippen LogP contribution is -2.50. The Morgan fingerprint density at radius 2 is 1.58 bits per heavy atom. The number of hydrogen-bond donors (Lipinski definition) is 0. The molecule has 0 radical (unpaired) electrons. The number of rotatable bonds is 5. The van der Waals surface area contributed by atoms with Gasteiger partial charge in [0, 0.05) is 38.6 Å². The summed E-state index contributed by atoms with van der Waals surface area (Å²) in [6.45, 7) is 8.74. The molecule has 4 aliphatic rings. The van der Waals surface area contributed by atoms with Crippen LogP contribution in [0.3, 0.4) is 0 Å². The number of piperazine rings is 1. The van der Waals surface area contributed by atoms with E-state index in [4.69, 9.17) is 4.74 Å². The van der Waals surface area contributed by atoms with E-state index in [1.165, 1.54) is 49.1 Å². The second-order valence-electron chi connectivity index (χ2n) is 12.2. The monoisotopic (exact) mass is 520 g/mol. The van der Waals surface area contributed by atoms with Crippen molar-refractivity contribution < 1.29 is 18.3 Å². The third kappa shape index (κ3) is 4.82. The third-order valence-corrected chi connectivity index (χ3v) is 9.78. The molecule has 4 nitrogen and oxygen atoms in total. The first-order chi connectivity index (χ1) is 18.3. The topological polar surface area (TPSA) is 32.8 Å². The van der Waals surface area contributed by atoms with Crippen molar-refractivity contribution >= 4 is 5.97 Å². The van der Waals surface area contributed by atoms with Crippen LogP contribution in [0.2, 0.25) is 0 Å². The Morgan fingerprint density at radius 1 is 0.974 bits per heavy atom. The Labute approximate surface area is 224 Å². The van der Waals surface area contributed by atoms with Gasteiger partial charge in [0.05, 0.1) is 12.0 Å².